The number of unbranched alkanes of at least 4 members (excludes halogenated alkanes) is 1. The van der Waals surface area contributed by atoms with E-state index < -0.39 is 0 Å². The number of carbonyl (C=O) groups is 1. The topological polar surface area (TPSA) is 67.0 Å². The van der Waals surface area contributed by atoms with Crippen molar-refractivity contribution in [2.45, 2.75) is 26.3 Å². The predicted molar refractivity (Wildman–Crippen MR) is 94.1 cm³/mol. The summed E-state index contributed by atoms with van der Waals surface area (Å²) in [7, 11) is 0. The highest BCUT2D eigenvalue weighted by atomic mass is 19.1. The zero-order chi connectivity index (χ0) is 17.6. The van der Waals surface area contributed by atoms with E-state index in [4.69, 9.17) is 4.74 Å². The maximum atomic E-state index is 13.3. The van der Waals surface area contributed by atoms with Crippen LogP contribution in [0.5, 0.6) is 5.88 Å². The van der Waals surface area contributed by atoms with Crippen molar-refractivity contribution in [1.82, 2.24) is 15.3 Å². The lowest BCUT2D eigenvalue weighted by Gasteiger charge is -2.10. The molecule has 0 spiro atoms. The summed E-state index contributed by atoms with van der Waals surface area (Å²) in [4.78, 5) is 19.6. The zero-order valence-corrected chi connectivity index (χ0v) is 14.0. The third-order valence-electron chi connectivity index (χ3n) is 3.85. The second-order valence-corrected chi connectivity index (χ2v) is 5.77. The number of benzene rings is 1. The minimum Gasteiger partial charge on any atom is -0.477 e. The molecule has 2 N–H and O–H groups in total. The number of aromatic nitrogens is 2. The first-order chi connectivity index (χ1) is 12.2. The third kappa shape index (κ3) is 4.15. The Bertz CT molecular complexity index is 876. The highest BCUT2D eigenvalue weighted by Crippen LogP contribution is 2.18. The summed E-state index contributed by atoms with van der Waals surface area (Å²) in [5.74, 6) is -0.0578. The van der Waals surface area contributed by atoms with Crippen LogP contribution in [0.2, 0.25) is 0 Å². The normalized spacial score (nSPS) is 10.8. The van der Waals surface area contributed by atoms with Gasteiger partial charge >= 0.3 is 0 Å². The highest BCUT2D eigenvalue weighted by molar-refractivity contribution is 5.97. The molecule has 0 fully saturated rings. The van der Waals surface area contributed by atoms with E-state index in [1.54, 1.807) is 24.4 Å². The minimum absolute atomic E-state index is 0.264. The predicted octanol–water partition coefficient (Wildman–Crippen LogP) is 3.81. The van der Waals surface area contributed by atoms with Crippen molar-refractivity contribution in [2.24, 2.45) is 0 Å². The van der Waals surface area contributed by atoms with Crippen LogP contribution in [0, 0.1) is 5.82 Å². The number of hydrogen-bond donors (Lipinski definition) is 2. The maximum absolute atomic E-state index is 13.3. The summed E-state index contributed by atoms with van der Waals surface area (Å²) in [6.07, 6.45) is 3.66. The molecule has 0 aliphatic rings. The van der Waals surface area contributed by atoms with Crippen molar-refractivity contribution in [3.05, 3.63) is 59.7 Å². The molecule has 0 aliphatic heterocycles. The fraction of sp³-hybridized carbons (Fsp3) is 0.263. The van der Waals surface area contributed by atoms with Crippen LogP contribution in [0.3, 0.4) is 0 Å². The van der Waals surface area contributed by atoms with Gasteiger partial charge in [-0.3, -0.25) is 4.79 Å². The molecule has 0 atom stereocenters. The van der Waals surface area contributed by atoms with Crippen LogP contribution in [0.25, 0.3) is 10.9 Å². The number of aromatic amines is 1. The fourth-order valence-electron chi connectivity index (χ4n) is 2.50. The van der Waals surface area contributed by atoms with Gasteiger partial charge in [-0.2, -0.15) is 0 Å². The van der Waals surface area contributed by atoms with Gasteiger partial charge in [-0.05, 0) is 36.8 Å². The lowest BCUT2D eigenvalue weighted by atomic mass is 10.2. The molecule has 2 heterocycles. The first kappa shape index (κ1) is 17.0. The van der Waals surface area contributed by atoms with Gasteiger partial charge in [0.2, 0.25) is 5.88 Å². The monoisotopic (exact) mass is 341 g/mol. The van der Waals surface area contributed by atoms with Crippen molar-refractivity contribution in [1.29, 1.82) is 0 Å². The summed E-state index contributed by atoms with van der Waals surface area (Å²) in [5, 5.41) is 3.50. The molecule has 6 heteroatoms. The van der Waals surface area contributed by atoms with E-state index in [1.165, 1.54) is 12.1 Å². The van der Waals surface area contributed by atoms with Gasteiger partial charge in [0.1, 0.15) is 11.5 Å². The molecule has 3 rings (SSSR count). The van der Waals surface area contributed by atoms with Crippen molar-refractivity contribution in [3.8, 4) is 5.88 Å². The Morgan fingerprint density at radius 1 is 1.32 bits per heavy atom. The molecule has 0 saturated carbocycles. The van der Waals surface area contributed by atoms with Gasteiger partial charge in [-0.15, -0.1) is 0 Å². The Kier molecular flexibility index (Phi) is 5.28. The van der Waals surface area contributed by atoms with Crippen molar-refractivity contribution < 1.29 is 13.9 Å². The molecule has 0 aliphatic carbocycles. The molecule has 130 valence electrons. The minimum atomic E-state index is -0.331. The summed E-state index contributed by atoms with van der Waals surface area (Å²) in [6.45, 7) is 3.00. The lowest BCUT2D eigenvalue weighted by molar-refractivity contribution is 0.0946. The van der Waals surface area contributed by atoms with Crippen LogP contribution in [-0.4, -0.2) is 22.5 Å². The van der Waals surface area contributed by atoms with E-state index >= 15 is 0 Å². The van der Waals surface area contributed by atoms with Gasteiger partial charge in [0.05, 0.1) is 6.61 Å². The molecule has 5 nitrogen and oxygen atoms in total. The summed E-state index contributed by atoms with van der Waals surface area (Å²) >= 11 is 0. The summed E-state index contributed by atoms with van der Waals surface area (Å²) in [5.41, 5.74) is 1.92. The van der Waals surface area contributed by atoms with E-state index in [1.807, 2.05) is 6.07 Å². The Morgan fingerprint density at radius 3 is 3.04 bits per heavy atom. The quantitative estimate of drug-likeness (QED) is 0.642. The van der Waals surface area contributed by atoms with E-state index in [9.17, 15) is 9.18 Å². The standard InChI is InChI=1S/C19H20FN3O2/c1-2-3-9-25-19-13(5-4-8-21-19)12-22-18(24)17-11-14-10-15(20)6-7-16(14)23-17/h4-8,10-11,23H,2-3,9,12H2,1H3,(H,22,24). The van der Waals surface area contributed by atoms with Gasteiger partial charge in [0.25, 0.3) is 5.91 Å². The zero-order valence-electron chi connectivity index (χ0n) is 14.0. The Balaban J connectivity index is 1.67. The molecule has 1 aromatic carbocycles. The number of ether oxygens (including phenoxy) is 1. The molecular weight excluding hydrogens is 321 g/mol. The van der Waals surface area contributed by atoms with Crippen LogP contribution in [0.15, 0.2) is 42.6 Å². The van der Waals surface area contributed by atoms with Crippen LogP contribution in [-0.2, 0) is 6.54 Å². The number of pyridine rings is 1. The number of amides is 1. The van der Waals surface area contributed by atoms with Crippen LogP contribution >= 0.6 is 0 Å². The Morgan fingerprint density at radius 2 is 2.20 bits per heavy atom. The SMILES string of the molecule is CCCCOc1ncccc1CNC(=O)c1cc2cc(F)ccc2[nH]1. The average molecular weight is 341 g/mol. The molecule has 0 radical (unpaired) electrons. The van der Waals surface area contributed by atoms with Gasteiger partial charge in [0, 0.05) is 29.2 Å². The smallest absolute Gasteiger partial charge is 0.267 e. The largest absolute Gasteiger partial charge is 0.477 e. The van der Waals surface area contributed by atoms with Crippen molar-refractivity contribution in [3.63, 3.8) is 0 Å². The lowest BCUT2D eigenvalue weighted by Crippen LogP contribution is -2.23. The first-order valence-electron chi connectivity index (χ1n) is 8.30. The number of carbonyl (C=O) groups excluding carboxylic acids is 1. The number of rotatable bonds is 7. The molecule has 0 bridgehead atoms. The average Bonchev–Trinajstić information content (AvgIpc) is 3.04. The van der Waals surface area contributed by atoms with E-state index in [-0.39, 0.29) is 11.7 Å². The van der Waals surface area contributed by atoms with Crippen LogP contribution in [0.4, 0.5) is 4.39 Å². The Labute approximate surface area is 145 Å². The number of nitrogens with zero attached hydrogens (tertiary/aromatic N) is 1. The molecule has 1 amide bonds. The number of nitrogens with one attached hydrogen (secondary N) is 2. The van der Waals surface area contributed by atoms with E-state index in [2.05, 4.69) is 22.2 Å². The number of fused-ring (bicyclic) bond motifs is 1. The van der Waals surface area contributed by atoms with Gasteiger partial charge in [-0.1, -0.05) is 19.4 Å². The first-order valence-corrected chi connectivity index (χ1v) is 8.30. The van der Waals surface area contributed by atoms with Crippen molar-refractivity contribution in [2.75, 3.05) is 6.61 Å². The van der Waals surface area contributed by atoms with Crippen molar-refractivity contribution >= 4 is 16.8 Å². The Hall–Kier alpha value is -2.89. The van der Waals surface area contributed by atoms with Crippen LogP contribution < -0.4 is 10.1 Å². The fourth-order valence-corrected chi connectivity index (χ4v) is 2.50. The van der Waals surface area contributed by atoms with Gasteiger partial charge in [-0.25, -0.2) is 9.37 Å². The van der Waals surface area contributed by atoms with Crippen LogP contribution in [0.1, 0.15) is 35.8 Å². The second-order valence-electron chi connectivity index (χ2n) is 5.77. The molecule has 0 saturated heterocycles. The molecule has 25 heavy (non-hydrogen) atoms. The van der Waals surface area contributed by atoms with Gasteiger partial charge in [0.15, 0.2) is 0 Å². The number of halogens is 1. The third-order valence-corrected chi connectivity index (χ3v) is 3.85. The summed E-state index contributed by atoms with van der Waals surface area (Å²) < 4.78 is 18.9. The van der Waals surface area contributed by atoms with E-state index in [0.717, 1.165) is 23.9 Å². The van der Waals surface area contributed by atoms with Gasteiger partial charge < -0.3 is 15.0 Å². The molecule has 2 aromatic heterocycles. The number of hydrogen-bond acceptors (Lipinski definition) is 3. The second kappa shape index (κ2) is 7.79. The molecule has 0 unspecified atom stereocenters. The highest BCUT2D eigenvalue weighted by Gasteiger charge is 2.11. The molecule has 3 aromatic rings. The van der Waals surface area contributed by atoms with E-state index in [0.29, 0.717) is 30.1 Å². The molecular formula is C19H20FN3O2. The maximum Gasteiger partial charge on any atom is 0.267 e. The number of H-pyrrole nitrogens is 1. The summed E-state index contributed by atoms with van der Waals surface area (Å²) in [6, 6.07) is 9.67.